The fraction of sp³-hybridized carbons (Fsp3) is 0.893. The lowest BCUT2D eigenvalue weighted by Crippen LogP contribution is -1.93. The predicted molar refractivity (Wildman–Crippen MR) is 135 cm³/mol. The van der Waals surface area contributed by atoms with Crippen LogP contribution in [0.25, 0.3) is 0 Å². The van der Waals surface area contributed by atoms with Crippen LogP contribution >= 0.6 is 0 Å². The van der Waals surface area contributed by atoms with Crippen molar-refractivity contribution in [2.75, 3.05) is 0 Å². The Hall–Kier alpha value is -0.790. The van der Waals surface area contributed by atoms with Gasteiger partial charge in [0.25, 0.3) is 0 Å². The molecule has 0 amide bonds. The summed E-state index contributed by atoms with van der Waals surface area (Å²) in [6, 6.07) is 0. The Kier molecular flexibility index (Phi) is 31.8. The normalized spacial score (nSPS) is 10.9. The van der Waals surface area contributed by atoms with Gasteiger partial charge in [0.05, 0.1) is 0 Å². The maximum Gasteiger partial charge on any atom is 0.303 e. The number of carboxylic acids is 1. The lowest BCUT2D eigenvalue weighted by atomic mass is 10.1. The van der Waals surface area contributed by atoms with Crippen LogP contribution in [0.2, 0.25) is 0 Å². The number of allylic oxidation sites excluding steroid dienone is 2. The van der Waals surface area contributed by atoms with E-state index in [1.54, 1.807) is 0 Å². The smallest absolute Gasteiger partial charge is 0.303 e. The minimum Gasteiger partial charge on any atom is -0.481 e. The summed E-state index contributed by atoms with van der Waals surface area (Å²) in [6.45, 7) is 6.78. The average Bonchev–Trinajstić information content (AvgIpc) is 2.74. The summed E-state index contributed by atoms with van der Waals surface area (Å²) in [5.74, 6) is -0.658. The van der Waals surface area contributed by atoms with Crippen molar-refractivity contribution in [3.63, 3.8) is 0 Å². The van der Waals surface area contributed by atoms with Gasteiger partial charge in [0.15, 0.2) is 0 Å². The van der Waals surface area contributed by atoms with E-state index < -0.39 is 5.97 Å². The molecule has 2 nitrogen and oxygen atoms in total. The van der Waals surface area contributed by atoms with E-state index in [-0.39, 0.29) is 0 Å². The third-order valence-corrected chi connectivity index (χ3v) is 5.61. The van der Waals surface area contributed by atoms with Crippen molar-refractivity contribution >= 4 is 5.97 Å². The van der Waals surface area contributed by atoms with Gasteiger partial charge in [-0.05, 0) is 32.1 Å². The first kappa shape index (κ1) is 31.4. The molecule has 0 fully saturated rings. The molecule has 0 radical (unpaired) electrons. The van der Waals surface area contributed by atoms with Gasteiger partial charge in [-0.3, -0.25) is 4.79 Å². The van der Waals surface area contributed by atoms with Crippen LogP contribution < -0.4 is 0 Å². The second-order valence-corrected chi connectivity index (χ2v) is 8.85. The maximum absolute atomic E-state index is 10.2. The Labute approximate surface area is 190 Å². The van der Waals surface area contributed by atoms with Gasteiger partial charge < -0.3 is 5.11 Å². The summed E-state index contributed by atoms with van der Waals surface area (Å²) in [6.07, 6.45) is 32.9. The molecule has 0 saturated carbocycles. The van der Waals surface area contributed by atoms with Crippen molar-refractivity contribution in [3.05, 3.63) is 12.2 Å². The van der Waals surface area contributed by atoms with Gasteiger partial charge in [0.2, 0.25) is 0 Å². The maximum atomic E-state index is 10.2. The molecule has 0 heterocycles. The van der Waals surface area contributed by atoms with E-state index in [1.807, 2.05) is 0 Å². The average molecular weight is 425 g/mol. The molecule has 0 aromatic carbocycles. The topological polar surface area (TPSA) is 37.3 Å². The lowest BCUT2D eigenvalue weighted by molar-refractivity contribution is -0.137. The molecule has 0 aliphatic rings. The molecule has 1 N–H and O–H groups in total. The highest BCUT2D eigenvalue weighted by atomic mass is 16.4. The van der Waals surface area contributed by atoms with Crippen molar-refractivity contribution in [3.8, 4) is 0 Å². The minimum absolute atomic E-state index is 0.344. The number of carboxylic acid groups (broad SMARTS) is 1. The van der Waals surface area contributed by atoms with E-state index in [4.69, 9.17) is 5.11 Å². The standard InChI is InChI=1S/C15H30.C13H26O2/c1-3-5-7-9-11-13-15-14-12-10-8-6-4-2;1-2-3-4-5-6-7-8-9-10-11-12-13(14)15/h11,13H,3-10,12,14-15H2,1-2H3;2-12H2,1H3,(H,14,15)/b13-11+;. The zero-order valence-corrected chi connectivity index (χ0v) is 21.1. The third-order valence-electron chi connectivity index (χ3n) is 5.61. The van der Waals surface area contributed by atoms with E-state index in [2.05, 4.69) is 32.9 Å². The summed E-state index contributed by atoms with van der Waals surface area (Å²) in [5.41, 5.74) is 0. The van der Waals surface area contributed by atoms with Crippen LogP contribution in [0.5, 0.6) is 0 Å². The number of hydrogen-bond acceptors (Lipinski definition) is 1. The molecule has 0 aromatic rings. The lowest BCUT2D eigenvalue weighted by Gasteiger charge is -2.01. The van der Waals surface area contributed by atoms with Crippen LogP contribution in [0.15, 0.2) is 12.2 Å². The summed E-state index contributed by atoms with van der Waals surface area (Å²) in [7, 11) is 0. The second-order valence-electron chi connectivity index (χ2n) is 8.85. The molecule has 0 aliphatic heterocycles. The van der Waals surface area contributed by atoms with Gasteiger partial charge in [-0.25, -0.2) is 0 Å². The molecule has 0 rings (SSSR count). The molecule has 0 aliphatic carbocycles. The van der Waals surface area contributed by atoms with Gasteiger partial charge >= 0.3 is 5.97 Å². The molecular weight excluding hydrogens is 368 g/mol. The number of rotatable bonds is 22. The predicted octanol–water partition coefficient (Wildman–Crippen LogP) is 10.3. The molecule has 180 valence electrons. The third kappa shape index (κ3) is 34.7. The first-order valence-corrected chi connectivity index (χ1v) is 13.6. The molecule has 0 atom stereocenters. The van der Waals surface area contributed by atoms with E-state index in [0.717, 1.165) is 12.8 Å². The van der Waals surface area contributed by atoms with Gasteiger partial charge in [-0.15, -0.1) is 0 Å². The largest absolute Gasteiger partial charge is 0.481 e. The zero-order chi connectivity index (χ0) is 22.5. The molecule has 30 heavy (non-hydrogen) atoms. The van der Waals surface area contributed by atoms with Crippen LogP contribution in [0.4, 0.5) is 0 Å². The zero-order valence-electron chi connectivity index (χ0n) is 21.1. The molecule has 0 spiro atoms. The first-order chi connectivity index (χ1) is 14.7. The summed E-state index contributed by atoms with van der Waals surface area (Å²) in [4.78, 5) is 10.2. The quantitative estimate of drug-likeness (QED) is 0.139. The summed E-state index contributed by atoms with van der Waals surface area (Å²) < 4.78 is 0. The van der Waals surface area contributed by atoms with Gasteiger partial charge in [-0.2, -0.15) is 0 Å². The Bertz CT molecular complexity index is 336. The number of unbranched alkanes of at least 4 members (excludes halogenated alkanes) is 18. The molecule has 0 saturated heterocycles. The van der Waals surface area contributed by atoms with Crippen molar-refractivity contribution in [1.29, 1.82) is 0 Å². The fourth-order valence-corrected chi connectivity index (χ4v) is 3.55. The minimum atomic E-state index is -0.658. The summed E-state index contributed by atoms with van der Waals surface area (Å²) in [5, 5.41) is 8.44. The Morgan fingerprint density at radius 2 is 0.800 bits per heavy atom. The number of hydrogen-bond donors (Lipinski definition) is 1. The summed E-state index contributed by atoms with van der Waals surface area (Å²) >= 11 is 0. The van der Waals surface area contributed by atoms with E-state index >= 15 is 0 Å². The number of carbonyl (C=O) groups is 1. The van der Waals surface area contributed by atoms with E-state index in [0.29, 0.717) is 6.42 Å². The van der Waals surface area contributed by atoms with Crippen LogP contribution in [-0.4, -0.2) is 11.1 Å². The fourth-order valence-electron chi connectivity index (χ4n) is 3.55. The van der Waals surface area contributed by atoms with Crippen molar-refractivity contribution in [1.82, 2.24) is 0 Å². The van der Waals surface area contributed by atoms with Crippen molar-refractivity contribution in [2.24, 2.45) is 0 Å². The van der Waals surface area contributed by atoms with Crippen LogP contribution in [-0.2, 0) is 4.79 Å². The molecule has 0 aromatic heterocycles. The van der Waals surface area contributed by atoms with Gasteiger partial charge in [0, 0.05) is 6.42 Å². The number of aliphatic carboxylic acids is 1. The van der Waals surface area contributed by atoms with Crippen molar-refractivity contribution < 1.29 is 9.90 Å². The SMILES string of the molecule is CCCCC/C=C/CCCCCCCC.CCCCCCCCCCCCC(=O)O. The van der Waals surface area contributed by atoms with E-state index in [9.17, 15) is 4.79 Å². The monoisotopic (exact) mass is 424 g/mol. The van der Waals surface area contributed by atoms with Crippen LogP contribution in [0, 0.1) is 0 Å². The highest BCUT2D eigenvalue weighted by molar-refractivity contribution is 5.66. The Morgan fingerprint density at radius 1 is 0.500 bits per heavy atom. The van der Waals surface area contributed by atoms with Crippen LogP contribution in [0.3, 0.4) is 0 Å². The van der Waals surface area contributed by atoms with Crippen LogP contribution in [0.1, 0.15) is 162 Å². The Morgan fingerprint density at radius 3 is 1.20 bits per heavy atom. The highest BCUT2D eigenvalue weighted by Crippen LogP contribution is 2.11. The highest BCUT2D eigenvalue weighted by Gasteiger charge is 1.96. The molecule has 0 bridgehead atoms. The van der Waals surface area contributed by atoms with E-state index in [1.165, 1.54) is 122 Å². The second kappa shape index (κ2) is 30.4. The molecule has 2 heteroatoms. The molecule has 0 unspecified atom stereocenters. The van der Waals surface area contributed by atoms with Gasteiger partial charge in [0.1, 0.15) is 0 Å². The van der Waals surface area contributed by atoms with Crippen molar-refractivity contribution in [2.45, 2.75) is 162 Å². The van der Waals surface area contributed by atoms with Gasteiger partial charge in [-0.1, -0.05) is 136 Å². The first-order valence-electron chi connectivity index (χ1n) is 13.6. The Balaban J connectivity index is 0. The molecular formula is C28H56O2.